The van der Waals surface area contributed by atoms with Gasteiger partial charge in [0.1, 0.15) is 0 Å². The molecular formula is C18H17BrN4O3. The maximum atomic E-state index is 12.4. The van der Waals surface area contributed by atoms with Crippen molar-refractivity contribution in [3.05, 3.63) is 68.8 Å². The highest BCUT2D eigenvalue weighted by atomic mass is 79.9. The lowest BCUT2D eigenvalue weighted by molar-refractivity contribution is -0.384. The zero-order valence-corrected chi connectivity index (χ0v) is 15.5. The van der Waals surface area contributed by atoms with E-state index in [2.05, 4.69) is 20.9 Å². The molecule has 0 spiro atoms. The Balaban J connectivity index is 1.62. The minimum atomic E-state index is -0.430. The molecule has 0 N–H and O–H groups in total. The van der Waals surface area contributed by atoms with Crippen LogP contribution in [0.1, 0.15) is 5.56 Å². The number of hydrogen-bond acceptors (Lipinski definition) is 5. The smallest absolute Gasteiger partial charge is 0.311 e. The van der Waals surface area contributed by atoms with E-state index in [9.17, 15) is 14.9 Å². The first kappa shape index (κ1) is 18.1. The van der Waals surface area contributed by atoms with Crippen molar-refractivity contribution >= 4 is 39.4 Å². The highest BCUT2D eigenvalue weighted by Crippen LogP contribution is 2.25. The third kappa shape index (κ3) is 4.26. The predicted octanol–water partition coefficient (Wildman–Crippen LogP) is 3.11. The van der Waals surface area contributed by atoms with Gasteiger partial charge in [0.15, 0.2) is 0 Å². The number of rotatable bonds is 4. The maximum absolute atomic E-state index is 12.4. The standard InChI is InChI=1S/C18H17BrN4O3/c19-15-4-1-3-14(13-15)6-7-17(24)21-9-11-22(12-10-21)18-16(23(25)26)5-2-8-20-18/h1-8,13H,9-12H2/b7-6+. The molecule has 2 heterocycles. The van der Waals surface area contributed by atoms with Crippen LogP contribution < -0.4 is 4.90 Å². The molecule has 8 heteroatoms. The Morgan fingerprint density at radius 3 is 2.65 bits per heavy atom. The largest absolute Gasteiger partial charge is 0.347 e. The van der Waals surface area contributed by atoms with Crippen molar-refractivity contribution in [1.82, 2.24) is 9.88 Å². The van der Waals surface area contributed by atoms with Gasteiger partial charge >= 0.3 is 5.69 Å². The number of aromatic nitrogens is 1. The van der Waals surface area contributed by atoms with Gasteiger partial charge in [-0.1, -0.05) is 28.1 Å². The van der Waals surface area contributed by atoms with Crippen molar-refractivity contribution in [2.24, 2.45) is 0 Å². The molecule has 1 amide bonds. The molecule has 7 nitrogen and oxygen atoms in total. The fourth-order valence-electron chi connectivity index (χ4n) is 2.80. The van der Waals surface area contributed by atoms with Crippen LogP contribution >= 0.6 is 15.9 Å². The van der Waals surface area contributed by atoms with E-state index in [1.54, 1.807) is 29.3 Å². The number of carbonyl (C=O) groups is 1. The summed E-state index contributed by atoms with van der Waals surface area (Å²) in [6, 6.07) is 10.7. The van der Waals surface area contributed by atoms with Gasteiger partial charge in [0.25, 0.3) is 0 Å². The second-order valence-electron chi connectivity index (χ2n) is 5.80. The molecule has 0 radical (unpaired) electrons. The Hall–Kier alpha value is -2.74. The van der Waals surface area contributed by atoms with Crippen molar-refractivity contribution in [2.45, 2.75) is 0 Å². The molecule has 134 valence electrons. The summed E-state index contributed by atoms with van der Waals surface area (Å²) in [7, 11) is 0. The summed E-state index contributed by atoms with van der Waals surface area (Å²) in [5.74, 6) is 0.287. The van der Waals surface area contributed by atoms with Crippen LogP contribution in [0.5, 0.6) is 0 Å². The van der Waals surface area contributed by atoms with E-state index in [0.29, 0.717) is 32.0 Å². The Bertz CT molecular complexity index is 848. The lowest BCUT2D eigenvalue weighted by atomic mass is 10.2. The second kappa shape index (κ2) is 8.09. The molecule has 0 unspecified atom stereocenters. The summed E-state index contributed by atoms with van der Waals surface area (Å²) in [6.07, 6.45) is 4.88. The molecule has 26 heavy (non-hydrogen) atoms. The van der Waals surface area contributed by atoms with Gasteiger partial charge < -0.3 is 9.80 Å². The fraction of sp³-hybridized carbons (Fsp3) is 0.222. The number of halogens is 1. The highest BCUT2D eigenvalue weighted by Gasteiger charge is 2.25. The number of amides is 1. The van der Waals surface area contributed by atoms with Crippen LogP contribution in [0.25, 0.3) is 6.08 Å². The lowest BCUT2D eigenvalue weighted by Crippen LogP contribution is -2.48. The Kier molecular flexibility index (Phi) is 5.62. The molecule has 1 fully saturated rings. The topological polar surface area (TPSA) is 79.6 Å². The number of carbonyl (C=O) groups excluding carboxylic acids is 1. The van der Waals surface area contributed by atoms with Gasteiger partial charge in [-0.3, -0.25) is 14.9 Å². The van der Waals surface area contributed by atoms with E-state index in [1.807, 2.05) is 29.2 Å². The second-order valence-corrected chi connectivity index (χ2v) is 6.72. The summed E-state index contributed by atoms with van der Waals surface area (Å²) in [5.41, 5.74) is 0.928. The summed E-state index contributed by atoms with van der Waals surface area (Å²) in [4.78, 5) is 30.8. The Morgan fingerprint density at radius 1 is 1.19 bits per heavy atom. The van der Waals surface area contributed by atoms with Gasteiger partial charge in [-0.15, -0.1) is 0 Å². The van der Waals surface area contributed by atoms with Crippen LogP contribution in [0.2, 0.25) is 0 Å². The summed E-state index contributed by atoms with van der Waals surface area (Å²) in [5, 5.41) is 11.1. The number of piperazine rings is 1. The number of benzene rings is 1. The van der Waals surface area contributed by atoms with E-state index in [-0.39, 0.29) is 11.6 Å². The van der Waals surface area contributed by atoms with Gasteiger partial charge in [0, 0.05) is 49.0 Å². The van der Waals surface area contributed by atoms with Crippen LogP contribution in [-0.2, 0) is 4.79 Å². The minimum absolute atomic E-state index is 0.0122. The molecule has 0 bridgehead atoms. The molecule has 1 saturated heterocycles. The van der Waals surface area contributed by atoms with Crippen molar-refractivity contribution in [3.63, 3.8) is 0 Å². The predicted molar refractivity (Wildman–Crippen MR) is 103 cm³/mol. The van der Waals surface area contributed by atoms with Crippen LogP contribution in [0.3, 0.4) is 0 Å². The Labute approximate surface area is 159 Å². The molecular weight excluding hydrogens is 400 g/mol. The third-order valence-corrected chi connectivity index (χ3v) is 4.61. The van der Waals surface area contributed by atoms with Crippen LogP contribution in [0.15, 0.2) is 53.1 Å². The molecule has 1 aromatic heterocycles. The summed E-state index contributed by atoms with van der Waals surface area (Å²) < 4.78 is 0.956. The van der Waals surface area contributed by atoms with E-state index in [4.69, 9.17) is 0 Å². The normalized spacial score (nSPS) is 14.7. The SMILES string of the molecule is O=C(/C=C/c1cccc(Br)c1)N1CCN(c2ncccc2[N+](=O)[O-])CC1. The molecule has 1 aromatic carbocycles. The van der Waals surface area contributed by atoms with Gasteiger partial charge in [-0.05, 0) is 29.8 Å². The lowest BCUT2D eigenvalue weighted by Gasteiger charge is -2.34. The molecule has 2 aromatic rings. The zero-order valence-electron chi connectivity index (χ0n) is 13.9. The molecule has 0 aliphatic carbocycles. The molecule has 0 saturated carbocycles. The number of pyridine rings is 1. The van der Waals surface area contributed by atoms with Crippen molar-refractivity contribution in [1.29, 1.82) is 0 Å². The summed E-state index contributed by atoms with van der Waals surface area (Å²) >= 11 is 3.40. The average molecular weight is 417 g/mol. The summed E-state index contributed by atoms with van der Waals surface area (Å²) in [6.45, 7) is 2.01. The minimum Gasteiger partial charge on any atom is -0.347 e. The fourth-order valence-corrected chi connectivity index (χ4v) is 3.21. The third-order valence-electron chi connectivity index (χ3n) is 4.12. The first-order chi connectivity index (χ1) is 12.5. The van der Waals surface area contributed by atoms with Crippen molar-refractivity contribution in [2.75, 3.05) is 31.1 Å². The van der Waals surface area contributed by atoms with Gasteiger partial charge in [-0.2, -0.15) is 0 Å². The van der Waals surface area contributed by atoms with E-state index < -0.39 is 4.92 Å². The number of anilines is 1. The first-order valence-corrected chi connectivity index (χ1v) is 8.91. The quantitative estimate of drug-likeness (QED) is 0.434. The van der Waals surface area contributed by atoms with E-state index in [1.165, 1.54) is 6.07 Å². The van der Waals surface area contributed by atoms with Gasteiger partial charge in [-0.25, -0.2) is 4.98 Å². The van der Waals surface area contributed by atoms with Gasteiger partial charge in [0.2, 0.25) is 11.7 Å². The van der Waals surface area contributed by atoms with Crippen LogP contribution in [-0.4, -0.2) is 46.9 Å². The monoisotopic (exact) mass is 416 g/mol. The first-order valence-electron chi connectivity index (χ1n) is 8.11. The molecule has 3 rings (SSSR count). The van der Waals surface area contributed by atoms with Crippen molar-refractivity contribution in [3.8, 4) is 0 Å². The number of hydrogen-bond donors (Lipinski definition) is 0. The van der Waals surface area contributed by atoms with E-state index >= 15 is 0 Å². The Morgan fingerprint density at radius 2 is 1.96 bits per heavy atom. The van der Waals surface area contributed by atoms with Crippen molar-refractivity contribution < 1.29 is 9.72 Å². The molecule has 1 aliphatic heterocycles. The van der Waals surface area contributed by atoms with Gasteiger partial charge in [0.05, 0.1) is 4.92 Å². The van der Waals surface area contributed by atoms with Crippen LogP contribution in [0, 0.1) is 10.1 Å². The molecule has 0 atom stereocenters. The number of nitrogens with zero attached hydrogens (tertiary/aromatic N) is 4. The molecule has 1 aliphatic rings. The van der Waals surface area contributed by atoms with E-state index in [0.717, 1.165) is 10.0 Å². The number of nitro groups is 1. The average Bonchev–Trinajstić information content (AvgIpc) is 2.66. The zero-order chi connectivity index (χ0) is 18.5. The van der Waals surface area contributed by atoms with Crippen LogP contribution in [0.4, 0.5) is 11.5 Å². The maximum Gasteiger partial charge on any atom is 0.311 e. The highest BCUT2D eigenvalue weighted by molar-refractivity contribution is 9.10.